The zero-order chi connectivity index (χ0) is 11.5. The average Bonchev–Trinajstić information content (AvgIpc) is 1.98. The van der Waals surface area contributed by atoms with Gasteiger partial charge in [-0.05, 0) is 6.92 Å². The maximum atomic E-state index is 11.9. The lowest BCUT2D eigenvalue weighted by Gasteiger charge is -2.24. The van der Waals surface area contributed by atoms with Crippen LogP contribution >= 0.6 is 0 Å². The van der Waals surface area contributed by atoms with Crippen LogP contribution in [0.1, 0.15) is 6.92 Å². The fourth-order valence-corrected chi connectivity index (χ4v) is 1.75. The normalized spacial score (nSPS) is 16.1. The Kier molecular flexibility index (Phi) is 4.57. The van der Waals surface area contributed by atoms with Gasteiger partial charge in [0.1, 0.15) is 0 Å². The number of nitrogens with zero attached hydrogens (tertiary/aromatic N) is 1. The topological polar surface area (TPSA) is 37.4 Å². The summed E-state index contributed by atoms with van der Waals surface area (Å²) in [5.41, 5.74) is 0. The van der Waals surface area contributed by atoms with Crippen molar-refractivity contribution in [3.8, 4) is 0 Å². The van der Waals surface area contributed by atoms with Gasteiger partial charge in [0, 0.05) is 35.9 Å². The van der Waals surface area contributed by atoms with E-state index in [1.807, 2.05) is 0 Å². The van der Waals surface area contributed by atoms with E-state index in [4.69, 9.17) is 0 Å². The molecule has 0 aromatic carbocycles. The third kappa shape index (κ3) is 4.08. The number of alkyl halides is 3. The molecule has 0 aromatic heterocycles. The molecule has 7 heteroatoms. The number of amides is 1. The van der Waals surface area contributed by atoms with Gasteiger partial charge in [-0.3, -0.25) is 9.00 Å². The van der Waals surface area contributed by atoms with Crippen LogP contribution < -0.4 is 0 Å². The summed E-state index contributed by atoms with van der Waals surface area (Å²) in [5.74, 6) is -1.87. The maximum absolute atomic E-state index is 11.9. The van der Waals surface area contributed by atoms with Crippen LogP contribution in [0.15, 0.2) is 0 Å². The molecule has 0 fully saturated rings. The van der Waals surface area contributed by atoms with Crippen molar-refractivity contribution in [3.63, 3.8) is 0 Å². The van der Waals surface area contributed by atoms with Crippen molar-refractivity contribution in [2.75, 3.05) is 19.1 Å². The maximum Gasteiger partial charge on any atom is 0.471 e. The molecule has 0 saturated heterocycles. The number of halogens is 3. The minimum atomic E-state index is -4.86. The van der Waals surface area contributed by atoms with Gasteiger partial charge in [-0.15, -0.1) is 0 Å². The smallest absolute Gasteiger partial charge is 0.334 e. The second-order valence-electron chi connectivity index (χ2n) is 3.00. The van der Waals surface area contributed by atoms with Crippen molar-refractivity contribution >= 4 is 16.7 Å². The number of carbonyl (C=O) groups is 1. The first-order valence-electron chi connectivity index (χ1n) is 3.80. The van der Waals surface area contributed by atoms with Crippen LogP contribution in [0, 0.1) is 0 Å². The number of rotatable bonds is 3. The second-order valence-corrected chi connectivity index (χ2v) is 4.48. The summed E-state index contributed by atoms with van der Waals surface area (Å²) in [6, 6.07) is -0.685. The first-order chi connectivity index (χ1) is 6.16. The van der Waals surface area contributed by atoms with Gasteiger partial charge < -0.3 is 4.90 Å². The molecule has 14 heavy (non-hydrogen) atoms. The molecule has 0 aliphatic carbocycles. The third-order valence-corrected chi connectivity index (χ3v) is 2.65. The van der Waals surface area contributed by atoms with Crippen LogP contribution in [-0.4, -0.2) is 46.3 Å². The van der Waals surface area contributed by atoms with Crippen LogP contribution in [0.2, 0.25) is 0 Å². The highest BCUT2D eigenvalue weighted by atomic mass is 32.2. The van der Waals surface area contributed by atoms with E-state index >= 15 is 0 Å². The van der Waals surface area contributed by atoms with Crippen LogP contribution in [-0.2, 0) is 15.6 Å². The molecule has 84 valence electrons. The molecule has 0 aromatic rings. The Hall–Kier alpha value is -0.590. The van der Waals surface area contributed by atoms with E-state index < -0.39 is 28.9 Å². The van der Waals surface area contributed by atoms with Gasteiger partial charge in [0.15, 0.2) is 0 Å². The monoisotopic (exact) mass is 231 g/mol. The zero-order valence-electron chi connectivity index (χ0n) is 8.09. The highest BCUT2D eigenvalue weighted by Gasteiger charge is 2.42. The van der Waals surface area contributed by atoms with E-state index in [1.54, 1.807) is 0 Å². The summed E-state index contributed by atoms with van der Waals surface area (Å²) >= 11 is 0. The van der Waals surface area contributed by atoms with Gasteiger partial charge in [0.2, 0.25) is 0 Å². The Morgan fingerprint density at radius 1 is 1.50 bits per heavy atom. The lowest BCUT2D eigenvalue weighted by molar-refractivity contribution is -0.185. The number of hydrogen-bond acceptors (Lipinski definition) is 2. The molecular formula is C7H12F3NO2S. The molecule has 1 amide bonds. The molecule has 0 aliphatic heterocycles. The first-order valence-corrected chi connectivity index (χ1v) is 5.53. The van der Waals surface area contributed by atoms with Crippen LogP contribution in [0.4, 0.5) is 13.2 Å². The van der Waals surface area contributed by atoms with Crippen LogP contribution in [0.25, 0.3) is 0 Å². The molecule has 0 radical (unpaired) electrons. The number of carbonyl (C=O) groups excluding carboxylic acids is 1. The quantitative estimate of drug-likeness (QED) is 0.719. The first kappa shape index (κ1) is 13.4. The molecule has 0 aliphatic rings. The van der Waals surface area contributed by atoms with E-state index in [0.29, 0.717) is 4.90 Å². The Balaban J connectivity index is 4.39. The lowest BCUT2D eigenvalue weighted by atomic mass is 10.3. The predicted molar refractivity (Wildman–Crippen MR) is 47.2 cm³/mol. The molecule has 0 spiro atoms. The van der Waals surface area contributed by atoms with Crippen molar-refractivity contribution in [3.05, 3.63) is 0 Å². The molecular weight excluding hydrogens is 219 g/mol. The molecule has 0 saturated carbocycles. The fraction of sp³-hybridized carbons (Fsp3) is 0.857. The fourth-order valence-electron chi connectivity index (χ4n) is 0.852. The lowest BCUT2D eigenvalue weighted by Crippen LogP contribution is -2.45. The van der Waals surface area contributed by atoms with E-state index in [-0.39, 0.29) is 5.75 Å². The highest BCUT2D eigenvalue weighted by molar-refractivity contribution is 7.84. The molecule has 0 bridgehead atoms. The van der Waals surface area contributed by atoms with E-state index in [2.05, 4.69) is 0 Å². The summed E-state index contributed by atoms with van der Waals surface area (Å²) in [7, 11) is -0.172. The third-order valence-electron chi connectivity index (χ3n) is 1.70. The van der Waals surface area contributed by atoms with Crippen LogP contribution in [0.5, 0.6) is 0 Å². The molecule has 2 unspecified atom stereocenters. The van der Waals surface area contributed by atoms with Crippen molar-refractivity contribution < 1.29 is 22.2 Å². The van der Waals surface area contributed by atoms with E-state index in [9.17, 15) is 22.2 Å². The van der Waals surface area contributed by atoms with Gasteiger partial charge in [0.05, 0.1) is 0 Å². The Bertz CT molecular complexity index is 242. The van der Waals surface area contributed by atoms with Crippen LogP contribution in [0.3, 0.4) is 0 Å². The van der Waals surface area contributed by atoms with E-state index in [1.165, 1.54) is 13.2 Å². The Labute approximate surface area is 82.7 Å². The standard InChI is InChI=1S/C7H12F3NO2S/c1-5(4-14(3)13)11(2)6(12)7(8,9)10/h5H,4H2,1-3H3. The summed E-state index contributed by atoms with van der Waals surface area (Å²) in [6.45, 7) is 1.42. The molecule has 3 nitrogen and oxygen atoms in total. The Morgan fingerprint density at radius 3 is 2.21 bits per heavy atom. The average molecular weight is 231 g/mol. The van der Waals surface area contributed by atoms with Gasteiger partial charge >= 0.3 is 12.1 Å². The zero-order valence-corrected chi connectivity index (χ0v) is 8.91. The Morgan fingerprint density at radius 2 is 1.93 bits per heavy atom. The summed E-state index contributed by atoms with van der Waals surface area (Å²) in [5, 5.41) is 0. The second kappa shape index (κ2) is 4.77. The summed E-state index contributed by atoms with van der Waals surface area (Å²) < 4.78 is 46.5. The van der Waals surface area contributed by atoms with Crippen molar-refractivity contribution in [1.82, 2.24) is 4.90 Å². The predicted octanol–water partition coefficient (Wildman–Crippen LogP) is 0.774. The minimum absolute atomic E-state index is 0.0400. The highest BCUT2D eigenvalue weighted by Crippen LogP contribution is 2.18. The summed E-state index contributed by atoms with van der Waals surface area (Å²) in [4.78, 5) is 11.2. The minimum Gasteiger partial charge on any atom is -0.334 e. The summed E-state index contributed by atoms with van der Waals surface area (Å²) in [6.07, 6.45) is -3.49. The molecule has 0 rings (SSSR count). The van der Waals surface area contributed by atoms with Gasteiger partial charge in [-0.1, -0.05) is 0 Å². The molecule has 0 N–H and O–H groups in total. The van der Waals surface area contributed by atoms with Gasteiger partial charge in [-0.25, -0.2) is 0 Å². The van der Waals surface area contributed by atoms with Gasteiger partial charge in [-0.2, -0.15) is 13.2 Å². The van der Waals surface area contributed by atoms with Crippen molar-refractivity contribution in [2.45, 2.75) is 19.1 Å². The van der Waals surface area contributed by atoms with Gasteiger partial charge in [0.25, 0.3) is 0 Å². The SMILES string of the molecule is CC(CS(C)=O)N(C)C(=O)C(F)(F)F. The number of hydrogen-bond donors (Lipinski definition) is 0. The van der Waals surface area contributed by atoms with Crippen molar-refractivity contribution in [2.24, 2.45) is 0 Å². The van der Waals surface area contributed by atoms with E-state index in [0.717, 1.165) is 7.05 Å². The molecule has 0 heterocycles. The molecule has 2 atom stereocenters. The van der Waals surface area contributed by atoms with Crippen molar-refractivity contribution in [1.29, 1.82) is 0 Å². The largest absolute Gasteiger partial charge is 0.471 e.